The summed E-state index contributed by atoms with van der Waals surface area (Å²) in [6.45, 7) is 8.77. The maximum absolute atomic E-state index is 4.81. The Kier molecular flexibility index (Phi) is 6.65. The SMILES string of the molecule is Cc1c(C)n(-c2ccc(-c3ccc(-c4ccc(-c5ccc(-n6c(C)c(C)c7ccccc76)cc5)nc4)cn3)cc2)c2ccccc12. The average Bonchev–Trinajstić information content (AvgIpc) is 3.52. The molecule has 0 saturated heterocycles. The smallest absolute Gasteiger partial charge is 0.0702 e. The van der Waals surface area contributed by atoms with Crippen LogP contribution in [0.25, 0.3) is 66.8 Å². The highest BCUT2D eigenvalue weighted by Gasteiger charge is 2.14. The van der Waals surface area contributed by atoms with Gasteiger partial charge in [0.25, 0.3) is 0 Å². The van der Waals surface area contributed by atoms with Gasteiger partial charge in [0.2, 0.25) is 0 Å². The number of pyridine rings is 2. The summed E-state index contributed by atoms with van der Waals surface area (Å²) in [6.07, 6.45) is 3.88. The molecular formula is C42H34N4. The summed E-state index contributed by atoms with van der Waals surface area (Å²) >= 11 is 0. The molecule has 0 unspecified atom stereocenters. The summed E-state index contributed by atoms with van der Waals surface area (Å²) in [7, 11) is 0. The summed E-state index contributed by atoms with van der Waals surface area (Å²) in [5, 5.41) is 2.60. The summed E-state index contributed by atoms with van der Waals surface area (Å²) in [5.41, 5.74) is 16.2. The standard InChI is InChI=1S/C42H34N4/c1-27-29(3)45(41-11-7-5-9-37(27)41)35-19-13-31(14-20-35)39-23-17-33(25-43-39)34-18-24-40(44-26-34)32-15-21-36(22-16-32)46-30(4)28(2)38-10-6-8-12-42(38)46/h5-26H,1-4H3. The molecule has 4 aromatic carbocycles. The normalized spacial score (nSPS) is 11.5. The molecule has 0 fully saturated rings. The number of para-hydroxylation sites is 2. The highest BCUT2D eigenvalue weighted by Crippen LogP contribution is 2.32. The fourth-order valence-electron chi connectivity index (χ4n) is 6.76. The van der Waals surface area contributed by atoms with Crippen LogP contribution in [-0.4, -0.2) is 19.1 Å². The van der Waals surface area contributed by atoms with E-state index in [1.54, 1.807) is 0 Å². The molecule has 4 heteroatoms. The van der Waals surface area contributed by atoms with Crippen molar-refractivity contribution in [2.75, 3.05) is 0 Å². The van der Waals surface area contributed by atoms with Gasteiger partial charge in [-0.2, -0.15) is 0 Å². The van der Waals surface area contributed by atoms with Crippen LogP contribution in [0.1, 0.15) is 22.5 Å². The number of benzene rings is 4. The van der Waals surface area contributed by atoms with Gasteiger partial charge in [0.15, 0.2) is 0 Å². The van der Waals surface area contributed by atoms with Crippen LogP contribution in [0.3, 0.4) is 0 Å². The minimum Gasteiger partial charge on any atom is -0.314 e. The first kappa shape index (κ1) is 27.8. The third kappa shape index (κ3) is 4.53. The van der Waals surface area contributed by atoms with Crippen LogP contribution in [-0.2, 0) is 0 Å². The van der Waals surface area contributed by atoms with Crippen molar-refractivity contribution in [3.8, 4) is 45.0 Å². The molecule has 222 valence electrons. The number of aromatic nitrogens is 4. The van der Waals surface area contributed by atoms with Crippen LogP contribution in [0, 0.1) is 27.7 Å². The van der Waals surface area contributed by atoms with Crippen molar-refractivity contribution < 1.29 is 0 Å². The first-order valence-corrected chi connectivity index (χ1v) is 15.8. The average molecular weight is 595 g/mol. The van der Waals surface area contributed by atoms with Crippen molar-refractivity contribution in [2.24, 2.45) is 0 Å². The second-order valence-electron chi connectivity index (χ2n) is 12.1. The Labute approximate surface area is 269 Å². The summed E-state index contributed by atoms with van der Waals surface area (Å²) in [5.74, 6) is 0. The monoisotopic (exact) mass is 594 g/mol. The molecule has 4 nitrogen and oxygen atoms in total. The van der Waals surface area contributed by atoms with Gasteiger partial charge in [-0.25, -0.2) is 0 Å². The van der Waals surface area contributed by atoms with Crippen LogP contribution < -0.4 is 0 Å². The fraction of sp³-hybridized carbons (Fsp3) is 0.0952. The second kappa shape index (κ2) is 11.0. The van der Waals surface area contributed by atoms with Crippen LogP contribution in [0.2, 0.25) is 0 Å². The Balaban J connectivity index is 1.00. The van der Waals surface area contributed by atoms with E-state index < -0.39 is 0 Å². The van der Waals surface area contributed by atoms with Gasteiger partial charge in [0, 0.05) is 68.2 Å². The Hall–Kier alpha value is -5.74. The number of rotatable bonds is 5. The largest absolute Gasteiger partial charge is 0.314 e. The quantitative estimate of drug-likeness (QED) is 0.199. The molecule has 8 aromatic rings. The van der Waals surface area contributed by atoms with E-state index in [-0.39, 0.29) is 0 Å². The number of nitrogens with zero attached hydrogens (tertiary/aromatic N) is 4. The molecule has 4 heterocycles. The first-order valence-electron chi connectivity index (χ1n) is 15.8. The van der Waals surface area contributed by atoms with Crippen molar-refractivity contribution in [3.63, 3.8) is 0 Å². The summed E-state index contributed by atoms with van der Waals surface area (Å²) in [6, 6.07) is 43.0. The molecule has 46 heavy (non-hydrogen) atoms. The summed E-state index contributed by atoms with van der Waals surface area (Å²) in [4.78, 5) is 9.62. The first-order chi connectivity index (χ1) is 22.5. The zero-order valence-corrected chi connectivity index (χ0v) is 26.5. The van der Waals surface area contributed by atoms with Crippen molar-refractivity contribution in [2.45, 2.75) is 27.7 Å². The van der Waals surface area contributed by atoms with Gasteiger partial charge in [-0.3, -0.25) is 9.97 Å². The third-order valence-electron chi connectivity index (χ3n) is 9.56. The third-order valence-corrected chi connectivity index (χ3v) is 9.56. The lowest BCUT2D eigenvalue weighted by molar-refractivity contribution is 1.04. The lowest BCUT2D eigenvalue weighted by atomic mass is 10.1. The summed E-state index contributed by atoms with van der Waals surface area (Å²) < 4.78 is 4.67. The Morgan fingerprint density at radius 3 is 1.13 bits per heavy atom. The van der Waals surface area contributed by atoms with Crippen LogP contribution in [0.15, 0.2) is 134 Å². The van der Waals surface area contributed by atoms with Crippen molar-refractivity contribution in [1.82, 2.24) is 19.1 Å². The Morgan fingerprint density at radius 1 is 0.391 bits per heavy atom. The van der Waals surface area contributed by atoms with Crippen LogP contribution >= 0.6 is 0 Å². The van der Waals surface area contributed by atoms with Gasteiger partial charge in [-0.1, -0.05) is 72.8 Å². The topological polar surface area (TPSA) is 35.6 Å². The lowest BCUT2D eigenvalue weighted by Crippen LogP contribution is -1.97. The van der Waals surface area contributed by atoms with E-state index in [2.05, 4.69) is 158 Å². The van der Waals surface area contributed by atoms with E-state index in [0.717, 1.165) is 45.0 Å². The molecule has 0 bridgehead atoms. The molecule has 0 radical (unpaired) electrons. The Morgan fingerprint density at radius 2 is 0.761 bits per heavy atom. The van der Waals surface area contributed by atoms with Gasteiger partial charge in [-0.15, -0.1) is 0 Å². The van der Waals surface area contributed by atoms with Gasteiger partial charge in [0.1, 0.15) is 0 Å². The van der Waals surface area contributed by atoms with Gasteiger partial charge in [-0.05, 0) is 87.4 Å². The van der Waals surface area contributed by atoms with E-state index in [0.29, 0.717) is 0 Å². The maximum atomic E-state index is 4.81. The van der Waals surface area contributed by atoms with Crippen molar-refractivity contribution in [1.29, 1.82) is 0 Å². The van der Waals surface area contributed by atoms with Crippen molar-refractivity contribution in [3.05, 3.63) is 156 Å². The molecule has 0 aliphatic heterocycles. The van der Waals surface area contributed by atoms with Crippen LogP contribution in [0.4, 0.5) is 0 Å². The lowest BCUT2D eigenvalue weighted by Gasteiger charge is -2.11. The predicted octanol–water partition coefficient (Wildman–Crippen LogP) is 10.6. The molecule has 0 amide bonds. The van der Waals surface area contributed by atoms with E-state index >= 15 is 0 Å². The van der Waals surface area contributed by atoms with Crippen LogP contribution in [0.5, 0.6) is 0 Å². The minimum absolute atomic E-state index is 0.950. The minimum atomic E-state index is 0.950. The molecule has 0 spiro atoms. The number of hydrogen-bond acceptors (Lipinski definition) is 2. The zero-order valence-electron chi connectivity index (χ0n) is 26.5. The van der Waals surface area contributed by atoms with E-state index in [9.17, 15) is 0 Å². The van der Waals surface area contributed by atoms with E-state index in [1.807, 2.05) is 12.4 Å². The highest BCUT2D eigenvalue weighted by molar-refractivity contribution is 5.88. The molecule has 4 aromatic heterocycles. The molecule has 0 N–H and O–H groups in total. The predicted molar refractivity (Wildman–Crippen MR) is 191 cm³/mol. The van der Waals surface area contributed by atoms with Gasteiger partial charge >= 0.3 is 0 Å². The van der Waals surface area contributed by atoms with Crippen molar-refractivity contribution >= 4 is 21.8 Å². The molecule has 0 aliphatic rings. The maximum Gasteiger partial charge on any atom is 0.0702 e. The van der Waals surface area contributed by atoms with E-state index in [4.69, 9.17) is 9.97 Å². The number of fused-ring (bicyclic) bond motifs is 2. The highest BCUT2D eigenvalue weighted by atomic mass is 15.0. The zero-order chi connectivity index (χ0) is 31.4. The number of aryl methyl sites for hydroxylation is 2. The number of hydrogen-bond donors (Lipinski definition) is 0. The molecule has 0 aliphatic carbocycles. The second-order valence-corrected chi connectivity index (χ2v) is 12.1. The molecule has 0 saturated carbocycles. The molecule has 0 atom stereocenters. The van der Waals surface area contributed by atoms with Gasteiger partial charge < -0.3 is 9.13 Å². The van der Waals surface area contributed by atoms with Gasteiger partial charge in [0.05, 0.1) is 22.4 Å². The molecule has 8 rings (SSSR count). The van der Waals surface area contributed by atoms with E-state index in [1.165, 1.54) is 44.3 Å². The fourth-order valence-corrected chi connectivity index (χ4v) is 6.76. The Bertz CT molecular complexity index is 2180. The molecular weight excluding hydrogens is 560 g/mol.